The number of urea groups is 1. The quantitative estimate of drug-likeness (QED) is 0.896. The summed E-state index contributed by atoms with van der Waals surface area (Å²) in [6.07, 6.45) is 5.02. The Hall–Kier alpha value is -2.05. The number of nitrogens with one attached hydrogen (secondary N) is 1. The van der Waals surface area contributed by atoms with Crippen LogP contribution >= 0.6 is 0 Å². The maximum Gasteiger partial charge on any atom is 0.319 e. The van der Waals surface area contributed by atoms with E-state index < -0.39 is 0 Å². The average molecular weight is 292 g/mol. The van der Waals surface area contributed by atoms with Crippen LogP contribution in [0.15, 0.2) is 16.9 Å². The summed E-state index contributed by atoms with van der Waals surface area (Å²) in [5.41, 5.74) is 0. The molecule has 2 fully saturated rings. The van der Waals surface area contributed by atoms with E-state index in [1.54, 1.807) is 6.07 Å². The third kappa shape index (κ3) is 3.17. The Labute approximate surface area is 123 Å². The van der Waals surface area contributed by atoms with Crippen LogP contribution < -0.4 is 5.32 Å². The fraction of sp³-hybridized carbons (Fsp3) is 0.643. The van der Waals surface area contributed by atoms with Gasteiger partial charge < -0.3 is 19.6 Å². The van der Waals surface area contributed by atoms with Crippen molar-refractivity contribution in [2.45, 2.75) is 25.7 Å². The fourth-order valence-corrected chi connectivity index (χ4v) is 2.95. The second kappa shape index (κ2) is 6.15. The van der Waals surface area contributed by atoms with Gasteiger partial charge in [0.05, 0.1) is 0 Å². The molecule has 3 heterocycles. The lowest BCUT2D eigenvalue weighted by atomic mass is 9.96. The minimum atomic E-state index is -0.0654. The van der Waals surface area contributed by atoms with E-state index in [-0.39, 0.29) is 17.9 Å². The topological polar surface area (TPSA) is 78.7 Å². The van der Waals surface area contributed by atoms with Gasteiger partial charge in [-0.25, -0.2) is 4.79 Å². The number of hydrogen-bond acceptors (Lipinski definition) is 4. The smallest absolute Gasteiger partial charge is 0.319 e. The molecule has 0 atom stereocenters. The van der Waals surface area contributed by atoms with E-state index in [0.717, 1.165) is 25.9 Å². The number of aromatic nitrogens is 1. The van der Waals surface area contributed by atoms with Crippen molar-refractivity contribution in [3.8, 4) is 0 Å². The average Bonchev–Trinajstić information content (AvgIpc) is 3.20. The van der Waals surface area contributed by atoms with Gasteiger partial charge in [0.25, 0.3) is 0 Å². The molecule has 7 nitrogen and oxygen atoms in total. The molecule has 3 rings (SSSR count). The Morgan fingerprint density at radius 3 is 2.43 bits per heavy atom. The SMILES string of the molecule is O=C(Nc1ccon1)C1CCN(C(=O)N2CCCC2)CC1. The van der Waals surface area contributed by atoms with Crippen LogP contribution in [0.3, 0.4) is 0 Å². The van der Waals surface area contributed by atoms with Crippen molar-refractivity contribution in [3.63, 3.8) is 0 Å². The van der Waals surface area contributed by atoms with E-state index in [1.807, 2.05) is 9.80 Å². The number of carbonyl (C=O) groups is 2. The van der Waals surface area contributed by atoms with E-state index >= 15 is 0 Å². The minimum absolute atomic E-state index is 0.0443. The summed E-state index contributed by atoms with van der Waals surface area (Å²) in [6, 6.07) is 1.74. The van der Waals surface area contributed by atoms with Crippen LogP contribution in [0.5, 0.6) is 0 Å². The maximum absolute atomic E-state index is 12.3. The molecule has 2 aliphatic heterocycles. The molecule has 2 saturated heterocycles. The molecular weight excluding hydrogens is 272 g/mol. The van der Waals surface area contributed by atoms with Crippen LogP contribution in [0.4, 0.5) is 10.6 Å². The summed E-state index contributed by atoms with van der Waals surface area (Å²) < 4.78 is 4.69. The highest BCUT2D eigenvalue weighted by atomic mass is 16.5. The second-order valence-electron chi connectivity index (χ2n) is 5.61. The molecular formula is C14H20N4O3. The lowest BCUT2D eigenvalue weighted by Gasteiger charge is -2.33. The monoisotopic (exact) mass is 292 g/mol. The Morgan fingerprint density at radius 2 is 1.81 bits per heavy atom. The van der Waals surface area contributed by atoms with Crippen molar-refractivity contribution >= 4 is 17.8 Å². The van der Waals surface area contributed by atoms with E-state index in [0.29, 0.717) is 31.7 Å². The zero-order valence-corrected chi connectivity index (χ0v) is 12.0. The van der Waals surface area contributed by atoms with Crippen molar-refractivity contribution in [1.29, 1.82) is 0 Å². The lowest BCUT2D eigenvalue weighted by Crippen LogP contribution is -2.47. The standard InChI is InChI=1S/C14H20N4O3/c19-13(15-12-5-10-21-16-12)11-3-8-18(9-4-11)14(20)17-6-1-2-7-17/h5,10-11H,1-4,6-9H2,(H,15,16,19). The second-order valence-corrected chi connectivity index (χ2v) is 5.61. The summed E-state index contributed by atoms with van der Waals surface area (Å²) in [7, 11) is 0. The molecule has 0 saturated carbocycles. The van der Waals surface area contributed by atoms with Gasteiger partial charge in [-0.05, 0) is 25.7 Å². The minimum Gasteiger partial charge on any atom is -0.363 e. The first-order valence-electron chi connectivity index (χ1n) is 7.49. The first-order valence-corrected chi connectivity index (χ1v) is 7.49. The summed E-state index contributed by atoms with van der Waals surface area (Å²) in [4.78, 5) is 28.1. The van der Waals surface area contributed by atoms with E-state index in [9.17, 15) is 9.59 Å². The molecule has 3 amide bonds. The van der Waals surface area contributed by atoms with Gasteiger partial charge in [0, 0.05) is 38.2 Å². The van der Waals surface area contributed by atoms with Crippen molar-refractivity contribution in [3.05, 3.63) is 12.3 Å². The van der Waals surface area contributed by atoms with E-state index in [2.05, 4.69) is 15.0 Å². The number of hydrogen-bond donors (Lipinski definition) is 1. The van der Waals surface area contributed by atoms with Crippen LogP contribution in [0.25, 0.3) is 0 Å². The highest BCUT2D eigenvalue weighted by Gasteiger charge is 2.30. The predicted octanol–water partition coefficient (Wildman–Crippen LogP) is 1.54. The highest BCUT2D eigenvalue weighted by molar-refractivity contribution is 5.91. The normalized spacial score (nSPS) is 19.8. The van der Waals surface area contributed by atoms with Crippen LogP contribution in [0, 0.1) is 5.92 Å². The van der Waals surface area contributed by atoms with Crippen molar-refractivity contribution < 1.29 is 14.1 Å². The van der Waals surface area contributed by atoms with E-state index in [1.165, 1.54) is 6.26 Å². The third-order valence-corrected chi connectivity index (χ3v) is 4.20. The van der Waals surface area contributed by atoms with Gasteiger partial charge in [0.2, 0.25) is 5.91 Å². The van der Waals surface area contributed by atoms with Gasteiger partial charge in [-0.2, -0.15) is 0 Å². The number of piperidine rings is 1. The summed E-state index contributed by atoms with van der Waals surface area (Å²) in [6.45, 7) is 3.02. The molecule has 0 aliphatic carbocycles. The van der Waals surface area contributed by atoms with Gasteiger partial charge in [-0.1, -0.05) is 5.16 Å². The molecule has 0 aromatic carbocycles. The predicted molar refractivity (Wildman–Crippen MR) is 75.6 cm³/mol. The number of amides is 3. The Kier molecular flexibility index (Phi) is 4.08. The number of rotatable bonds is 2. The molecule has 21 heavy (non-hydrogen) atoms. The molecule has 2 aliphatic rings. The Bertz CT molecular complexity index is 488. The first kappa shape index (κ1) is 13.9. The van der Waals surface area contributed by atoms with Crippen LogP contribution in [0.1, 0.15) is 25.7 Å². The largest absolute Gasteiger partial charge is 0.363 e. The number of carbonyl (C=O) groups excluding carboxylic acids is 2. The van der Waals surface area contributed by atoms with Gasteiger partial charge in [0.15, 0.2) is 5.82 Å². The third-order valence-electron chi connectivity index (χ3n) is 4.20. The van der Waals surface area contributed by atoms with Gasteiger partial charge >= 0.3 is 6.03 Å². The molecule has 0 unspecified atom stereocenters. The Morgan fingerprint density at radius 1 is 1.14 bits per heavy atom. The molecule has 0 radical (unpaired) electrons. The molecule has 1 aromatic heterocycles. The number of anilines is 1. The maximum atomic E-state index is 12.3. The van der Waals surface area contributed by atoms with Gasteiger partial charge in [0.1, 0.15) is 6.26 Å². The van der Waals surface area contributed by atoms with Crippen molar-refractivity contribution in [2.24, 2.45) is 5.92 Å². The van der Waals surface area contributed by atoms with Crippen molar-refractivity contribution in [1.82, 2.24) is 15.0 Å². The zero-order chi connectivity index (χ0) is 14.7. The number of nitrogens with zero attached hydrogens (tertiary/aromatic N) is 3. The van der Waals surface area contributed by atoms with Gasteiger partial charge in [-0.3, -0.25) is 4.79 Å². The molecule has 0 spiro atoms. The zero-order valence-electron chi connectivity index (χ0n) is 12.0. The van der Waals surface area contributed by atoms with E-state index in [4.69, 9.17) is 0 Å². The van der Waals surface area contributed by atoms with Crippen LogP contribution in [-0.4, -0.2) is 53.1 Å². The molecule has 114 valence electrons. The van der Waals surface area contributed by atoms with Gasteiger partial charge in [-0.15, -0.1) is 0 Å². The van der Waals surface area contributed by atoms with Crippen molar-refractivity contribution in [2.75, 3.05) is 31.5 Å². The summed E-state index contributed by atoms with van der Waals surface area (Å²) >= 11 is 0. The summed E-state index contributed by atoms with van der Waals surface area (Å²) in [5, 5.41) is 6.40. The fourth-order valence-electron chi connectivity index (χ4n) is 2.95. The van der Waals surface area contributed by atoms with Crippen LogP contribution in [-0.2, 0) is 4.79 Å². The highest BCUT2D eigenvalue weighted by Crippen LogP contribution is 2.21. The lowest BCUT2D eigenvalue weighted by molar-refractivity contribution is -0.121. The number of likely N-dealkylation sites (tertiary alicyclic amines) is 2. The van der Waals surface area contributed by atoms with Crippen LogP contribution in [0.2, 0.25) is 0 Å². The first-order chi connectivity index (χ1) is 10.2. The molecule has 0 bridgehead atoms. The Balaban J connectivity index is 1.48. The molecule has 1 N–H and O–H groups in total. The molecule has 1 aromatic rings. The summed E-state index contributed by atoms with van der Waals surface area (Å²) in [5.74, 6) is 0.331. The molecule has 7 heteroatoms.